The van der Waals surface area contributed by atoms with Crippen LogP contribution in [0, 0.1) is 6.92 Å². The minimum Gasteiger partial charge on any atom is -0.338 e. The van der Waals surface area contributed by atoms with Gasteiger partial charge in [-0.2, -0.15) is 0 Å². The number of pyridine rings is 2. The van der Waals surface area contributed by atoms with Gasteiger partial charge in [0.15, 0.2) is 11.6 Å². The van der Waals surface area contributed by atoms with E-state index in [-0.39, 0.29) is 5.91 Å². The second kappa shape index (κ2) is 11.8. The molecular formula is C35H37N7O. The van der Waals surface area contributed by atoms with Crippen LogP contribution in [-0.4, -0.2) is 53.0 Å². The summed E-state index contributed by atoms with van der Waals surface area (Å²) in [5, 5.41) is 0. The predicted molar refractivity (Wildman–Crippen MR) is 172 cm³/mol. The molecule has 0 atom stereocenters. The third-order valence-electron chi connectivity index (χ3n) is 8.05. The molecule has 0 unspecified atom stereocenters. The van der Waals surface area contributed by atoms with Gasteiger partial charge >= 0.3 is 0 Å². The van der Waals surface area contributed by atoms with Crippen molar-refractivity contribution in [2.45, 2.75) is 54.1 Å². The number of carbonyl (C=O) groups is 1. The molecule has 0 aliphatic heterocycles. The number of aromatic nitrogens is 6. The van der Waals surface area contributed by atoms with Crippen LogP contribution in [-0.2, 0) is 19.5 Å². The SMILES string of the molecule is CCN(CC)C(=O)c1cccc(-c2nc3cc(Cc4ccc5c(c4)nc(-c4ccc(C)cn4)n5CC)ccc3n2CC)n1. The van der Waals surface area contributed by atoms with Gasteiger partial charge in [-0.15, -0.1) is 0 Å². The average molecular weight is 572 g/mol. The molecule has 0 fully saturated rings. The average Bonchev–Trinajstić information content (AvgIpc) is 3.59. The minimum absolute atomic E-state index is 0.0590. The standard InChI is InChI=1S/C35H37N7O/c1-6-40(7-2)35(43)28-12-10-11-27(37-28)34-39-30-21-25(15-18-32(30)42(34)9-4)19-24-14-17-31-29(20-24)38-33(41(31)8-3)26-16-13-23(5)22-36-26/h10-18,20-22H,6-9,19H2,1-5H3. The number of imidazole rings is 2. The molecule has 0 spiro atoms. The highest BCUT2D eigenvalue weighted by molar-refractivity contribution is 5.93. The van der Waals surface area contributed by atoms with E-state index in [0.717, 1.165) is 64.5 Å². The number of amides is 1. The van der Waals surface area contributed by atoms with Crippen molar-refractivity contribution in [3.63, 3.8) is 0 Å². The second-order valence-electron chi connectivity index (χ2n) is 10.8. The first-order valence-corrected chi connectivity index (χ1v) is 15.1. The van der Waals surface area contributed by atoms with Crippen molar-refractivity contribution < 1.29 is 4.79 Å². The summed E-state index contributed by atoms with van der Waals surface area (Å²) >= 11 is 0. The maximum Gasteiger partial charge on any atom is 0.272 e. The molecule has 1 amide bonds. The third kappa shape index (κ3) is 5.29. The lowest BCUT2D eigenvalue weighted by molar-refractivity contribution is 0.0767. The Kier molecular flexibility index (Phi) is 7.76. The molecule has 2 aromatic carbocycles. The number of rotatable bonds is 9. The van der Waals surface area contributed by atoms with E-state index in [0.29, 0.717) is 24.5 Å². The lowest BCUT2D eigenvalue weighted by atomic mass is 10.0. The summed E-state index contributed by atoms with van der Waals surface area (Å²) in [6, 6.07) is 22.7. The zero-order chi connectivity index (χ0) is 30.1. The Balaban J connectivity index is 1.32. The lowest BCUT2D eigenvalue weighted by Gasteiger charge is -2.18. The van der Waals surface area contributed by atoms with Crippen molar-refractivity contribution in [2.24, 2.45) is 0 Å². The summed E-state index contributed by atoms with van der Waals surface area (Å²) in [6.07, 6.45) is 2.66. The third-order valence-corrected chi connectivity index (χ3v) is 8.05. The molecule has 0 bridgehead atoms. The van der Waals surface area contributed by atoms with Crippen molar-refractivity contribution >= 4 is 28.0 Å². The molecule has 4 heterocycles. The lowest BCUT2D eigenvalue weighted by Crippen LogP contribution is -2.31. The molecule has 218 valence electrons. The van der Waals surface area contributed by atoms with Gasteiger partial charge in [0.1, 0.15) is 17.1 Å². The smallest absolute Gasteiger partial charge is 0.272 e. The van der Waals surface area contributed by atoms with E-state index >= 15 is 0 Å². The second-order valence-corrected chi connectivity index (χ2v) is 10.8. The van der Waals surface area contributed by atoms with Crippen molar-refractivity contribution in [1.82, 2.24) is 34.0 Å². The van der Waals surface area contributed by atoms with Crippen LogP contribution in [0.3, 0.4) is 0 Å². The molecule has 6 rings (SSSR count). The van der Waals surface area contributed by atoms with Gasteiger partial charge < -0.3 is 14.0 Å². The first-order chi connectivity index (χ1) is 20.9. The summed E-state index contributed by atoms with van der Waals surface area (Å²) in [4.78, 5) is 34.1. The fourth-order valence-corrected chi connectivity index (χ4v) is 5.79. The molecule has 0 aliphatic carbocycles. The molecule has 8 heteroatoms. The Morgan fingerprint density at radius 2 is 1.33 bits per heavy atom. The molecule has 6 aromatic rings. The van der Waals surface area contributed by atoms with Crippen molar-refractivity contribution in [3.8, 4) is 23.0 Å². The van der Waals surface area contributed by atoms with Crippen molar-refractivity contribution in [2.75, 3.05) is 13.1 Å². The summed E-state index contributed by atoms with van der Waals surface area (Å²) in [5.74, 6) is 1.61. The molecule has 43 heavy (non-hydrogen) atoms. The van der Waals surface area contributed by atoms with Crippen LogP contribution in [0.25, 0.3) is 45.1 Å². The summed E-state index contributed by atoms with van der Waals surface area (Å²) in [7, 11) is 0. The molecule has 0 N–H and O–H groups in total. The number of aryl methyl sites for hydroxylation is 3. The van der Waals surface area contributed by atoms with Crippen molar-refractivity contribution in [1.29, 1.82) is 0 Å². The van der Waals surface area contributed by atoms with Crippen LogP contribution >= 0.6 is 0 Å². The summed E-state index contributed by atoms with van der Waals surface area (Å²) in [6.45, 7) is 13.1. The topological polar surface area (TPSA) is 81.7 Å². The minimum atomic E-state index is -0.0590. The summed E-state index contributed by atoms with van der Waals surface area (Å²) in [5.41, 5.74) is 9.58. The molecular weight excluding hydrogens is 534 g/mol. The first-order valence-electron chi connectivity index (χ1n) is 15.1. The van der Waals surface area contributed by atoms with Gasteiger partial charge in [0, 0.05) is 32.4 Å². The Bertz CT molecular complexity index is 1930. The van der Waals surface area contributed by atoms with E-state index in [1.807, 2.05) is 45.2 Å². The molecule has 0 radical (unpaired) electrons. The zero-order valence-electron chi connectivity index (χ0n) is 25.5. The Hall–Kier alpha value is -4.85. The molecule has 0 saturated carbocycles. The van der Waals surface area contributed by atoms with E-state index < -0.39 is 0 Å². The van der Waals surface area contributed by atoms with Gasteiger partial charge in [-0.1, -0.05) is 24.3 Å². The van der Waals surface area contributed by atoms with Crippen LogP contribution in [0.4, 0.5) is 0 Å². The van der Waals surface area contributed by atoms with Crippen LogP contribution < -0.4 is 0 Å². The number of benzene rings is 2. The number of hydrogen-bond donors (Lipinski definition) is 0. The number of hydrogen-bond acceptors (Lipinski definition) is 5. The van der Waals surface area contributed by atoms with Crippen LogP contribution in [0.1, 0.15) is 54.9 Å². The highest BCUT2D eigenvalue weighted by Gasteiger charge is 2.18. The monoisotopic (exact) mass is 571 g/mol. The van der Waals surface area contributed by atoms with E-state index in [2.05, 4.69) is 70.4 Å². The number of fused-ring (bicyclic) bond motifs is 2. The highest BCUT2D eigenvalue weighted by atomic mass is 16.2. The van der Waals surface area contributed by atoms with Gasteiger partial charge in [-0.25, -0.2) is 15.0 Å². The molecule has 4 aromatic heterocycles. The molecule has 8 nitrogen and oxygen atoms in total. The normalized spacial score (nSPS) is 11.5. The quantitative estimate of drug-likeness (QED) is 0.188. The Morgan fingerprint density at radius 3 is 1.86 bits per heavy atom. The maximum absolute atomic E-state index is 13.0. The maximum atomic E-state index is 13.0. The van der Waals surface area contributed by atoms with Gasteiger partial charge in [-0.3, -0.25) is 9.78 Å². The van der Waals surface area contributed by atoms with Gasteiger partial charge in [0.2, 0.25) is 0 Å². The van der Waals surface area contributed by atoms with E-state index in [1.54, 1.807) is 11.0 Å². The van der Waals surface area contributed by atoms with Crippen LogP contribution in [0.2, 0.25) is 0 Å². The zero-order valence-corrected chi connectivity index (χ0v) is 25.5. The van der Waals surface area contributed by atoms with Gasteiger partial charge in [0.05, 0.1) is 22.1 Å². The Morgan fingerprint density at radius 1 is 0.721 bits per heavy atom. The predicted octanol–water partition coefficient (Wildman–Crippen LogP) is 6.93. The fourth-order valence-electron chi connectivity index (χ4n) is 5.79. The van der Waals surface area contributed by atoms with Crippen molar-refractivity contribution in [3.05, 3.63) is 95.3 Å². The number of nitrogens with zero attached hydrogens (tertiary/aromatic N) is 7. The van der Waals surface area contributed by atoms with E-state index in [1.165, 1.54) is 11.1 Å². The Labute approximate surface area is 252 Å². The highest BCUT2D eigenvalue weighted by Crippen LogP contribution is 2.28. The summed E-state index contributed by atoms with van der Waals surface area (Å²) < 4.78 is 4.39. The van der Waals surface area contributed by atoms with Gasteiger partial charge in [-0.05, 0) is 100 Å². The van der Waals surface area contributed by atoms with Gasteiger partial charge in [0.25, 0.3) is 5.91 Å². The molecule has 0 saturated heterocycles. The van der Waals surface area contributed by atoms with E-state index in [4.69, 9.17) is 15.0 Å². The molecule has 0 aliphatic rings. The van der Waals surface area contributed by atoms with Crippen LogP contribution in [0.5, 0.6) is 0 Å². The number of carbonyl (C=O) groups excluding carboxylic acids is 1. The first kappa shape index (κ1) is 28.3. The fraction of sp³-hybridized carbons (Fsp3) is 0.286. The largest absolute Gasteiger partial charge is 0.338 e. The van der Waals surface area contributed by atoms with Crippen LogP contribution in [0.15, 0.2) is 72.9 Å². The van der Waals surface area contributed by atoms with E-state index in [9.17, 15) is 4.79 Å².